The van der Waals surface area contributed by atoms with Gasteiger partial charge < -0.3 is 0 Å². The van der Waals surface area contributed by atoms with E-state index < -0.39 is 5.09 Å². The zero-order chi connectivity index (χ0) is 8.74. The molecule has 0 aliphatic rings. The molecule has 0 aromatic heterocycles. The first-order chi connectivity index (χ1) is 5.00. The summed E-state index contributed by atoms with van der Waals surface area (Å²) in [6.07, 6.45) is 0. The molecule has 0 aliphatic heterocycles. The highest BCUT2D eigenvalue weighted by Gasteiger charge is 2.19. The van der Waals surface area contributed by atoms with Crippen LogP contribution in [0.5, 0.6) is 0 Å². The summed E-state index contributed by atoms with van der Waals surface area (Å²) in [5.41, 5.74) is 0. The Kier molecular flexibility index (Phi) is 4.94. The average Bonchev–Trinajstić information content (AvgIpc) is 1.88. The molecule has 0 atom stereocenters. The van der Waals surface area contributed by atoms with Crippen LogP contribution < -0.4 is 0 Å². The SMILES string of the molecule is FC(F)(F)Br.c1ccccc1. The fourth-order valence-electron chi connectivity index (χ4n) is 0.385. The lowest BCUT2D eigenvalue weighted by Crippen LogP contribution is -1.88. The first kappa shape index (κ1) is 10.5. The Morgan fingerprint density at radius 3 is 0.909 bits per heavy atom. The van der Waals surface area contributed by atoms with E-state index in [1.807, 2.05) is 36.4 Å². The van der Waals surface area contributed by atoms with Gasteiger partial charge in [-0.25, -0.2) is 0 Å². The Morgan fingerprint density at radius 1 is 0.727 bits per heavy atom. The predicted molar refractivity (Wildman–Crippen MR) is 41.4 cm³/mol. The van der Waals surface area contributed by atoms with Crippen LogP contribution in [0.4, 0.5) is 13.2 Å². The van der Waals surface area contributed by atoms with E-state index in [4.69, 9.17) is 0 Å². The highest BCUT2D eigenvalue weighted by atomic mass is 79.9. The summed E-state index contributed by atoms with van der Waals surface area (Å²) in [5, 5.41) is -4.19. The molecule has 0 aliphatic carbocycles. The van der Waals surface area contributed by atoms with Gasteiger partial charge in [0, 0.05) is 15.9 Å². The van der Waals surface area contributed by atoms with E-state index in [1.54, 1.807) is 0 Å². The molecule has 11 heavy (non-hydrogen) atoms. The van der Waals surface area contributed by atoms with Crippen molar-refractivity contribution in [2.24, 2.45) is 0 Å². The highest BCUT2D eigenvalue weighted by Crippen LogP contribution is 2.21. The van der Waals surface area contributed by atoms with Crippen LogP contribution in [-0.4, -0.2) is 5.09 Å². The van der Waals surface area contributed by atoms with E-state index in [-0.39, 0.29) is 0 Å². The zero-order valence-electron chi connectivity index (χ0n) is 5.48. The largest absolute Gasteiger partial charge is 0.448 e. The van der Waals surface area contributed by atoms with Crippen molar-refractivity contribution in [2.45, 2.75) is 5.09 Å². The third kappa shape index (κ3) is 17.7. The van der Waals surface area contributed by atoms with Crippen molar-refractivity contribution in [1.82, 2.24) is 0 Å². The van der Waals surface area contributed by atoms with Crippen LogP contribution >= 0.6 is 15.9 Å². The lowest BCUT2D eigenvalue weighted by atomic mass is 10.4. The van der Waals surface area contributed by atoms with E-state index in [0.29, 0.717) is 0 Å². The van der Waals surface area contributed by atoms with Crippen molar-refractivity contribution < 1.29 is 13.2 Å². The summed E-state index contributed by atoms with van der Waals surface area (Å²) >= 11 is 1.38. The van der Waals surface area contributed by atoms with Crippen molar-refractivity contribution in [3.05, 3.63) is 36.4 Å². The normalized spacial score (nSPS) is 9.82. The first-order valence-corrected chi connectivity index (χ1v) is 3.55. The zero-order valence-corrected chi connectivity index (χ0v) is 7.06. The number of hydrogen-bond donors (Lipinski definition) is 0. The Labute approximate surface area is 71.2 Å². The van der Waals surface area contributed by atoms with Crippen molar-refractivity contribution in [1.29, 1.82) is 0 Å². The molecule has 0 saturated carbocycles. The minimum atomic E-state index is -4.19. The van der Waals surface area contributed by atoms with Gasteiger partial charge in [-0.15, -0.1) is 0 Å². The van der Waals surface area contributed by atoms with Crippen LogP contribution in [0.2, 0.25) is 0 Å². The molecule has 0 heterocycles. The molecule has 0 bridgehead atoms. The fourth-order valence-corrected chi connectivity index (χ4v) is 0.385. The van der Waals surface area contributed by atoms with E-state index in [2.05, 4.69) is 0 Å². The van der Waals surface area contributed by atoms with Gasteiger partial charge in [0.1, 0.15) is 0 Å². The molecule has 0 fully saturated rings. The van der Waals surface area contributed by atoms with Crippen molar-refractivity contribution >= 4 is 15.9 Å². The Hall–Kier alpha value is -0.510. The van der Waals surface area contributed by atoms with Crippen molar-refractivity contribution in [3.63, 3.8) is 0 Å². The van der Waals surface area contributed by atoms with Gasteiger partial charge in [-0.05, 0) is 0 Å². The van der Waals surface area contributed by atoms with Gasteiger partial charge in [0.05, 0.1) is 0 Å². The smallest absolute Gasteiger partial charge is 0.160 e. The van der Waals surface area contributed by atoms with Gasteiger partial charge in [-0.1, -0.05) is 36.4 Å². The molecule has 1 aromatic rings. The second-order valence-electron chi connectivity index (χ2n) is 1.58. The van der Waals surface area contributed by atoms with Crippen LogP contribution in [-0.2, 0) is 0 Å². The summed E-state index contributed by atoms with van der Waals surface area (Å²) in [6.45, 7) is 0. The molecule has 4 heteroatoms. The van der Waals surface area contributed by atoms with Gasteiger partial charge in [0.25, 0.3) is 0 Å². The minimum Gasteiger partial charge on any atom is -0.160 e. The summed E-state index contributed by atoms with van der Waals surface area (Å²) in [4.78, 5) is 0. The lowest BCUT2D eigenvalue weighted by molar-refractivity contribution is -0.0245. The van der Waals surface area contributed by atoms with Crippen LogP contribution in [0.25, 0.3) is 0 Å². The van der Waals surface area contributed by atoms with Crippen molar-refractivity contribution in [2.75, 3.05) is 0 Å². The number of rotatable bonds is 0. The predicted octanol–water partition coefficient (Wildman–Crippen LogP) is 3.59. The van der Waals surface area contributed by atoms with Gasteiger partial charge in [-0.3, -0.25) is 0 Å². The second-order valence-corrected chi connectivity index (χ2v) is 2.48. The number of alkyl halides is 4. The first-order valence-electron chi connectivity index (χ1n) is 2.76. The van der Waals surface area contributed by atoms with Crippen LogP contribution in [0.15, 0.2) is 36.4 Å². The van der Waals surface area contributed by atoms with E-state index in [0.717, 1.165) is 0 Å². The summed E-state index contributed by atoms with van der Waals surface area (Å²) in [7, 11) is 0. The highest BCUT2D eigenvalue weighted by molar-refractivity contribution is 9.09. The minimum absolute atomic E-state index is 1.38. The van der Waals surface area contributed by atoms with Crippen molar-refractivity contribution in [3.8, 4) is 0 Å². The topological polar surface area (TPSA) is 0 Å². The summed E-state index contributed by atoms with van der Waals surface area (Å²) in [6, 6.07) is 12.0. The van der Waals surface area contributed by atoms with E-state index >= 15 is 0 Å². The molecule has 1 aromatic carbocycles. The monoisotopic (exact) mass is 226 g/mol. The Bertz CT molecular complexity index is 138. The third-order valence-electron chi connectivity index (χ3n) is 0.667. The standard InChI is InChI=1S/C6H6.CBrF3/c1-2-4-6-5-3-1;2-1(3,4)5/h1-6H;. The average molecular weight is 227 g/mol. The van der Waals surface area contributed by atoms with Crippen LogP contribution in [0.1, 0.15) is 0 Å². The Morgan fingerprint density at radius 2 is 0.818 bits per heavy atom. The summed E-state index contributed by atoms with van der Waals surface area (Å²) < 4.78 is 30.8. The molecular weight excluding hydrogens is 221 g/mol. The van der Waals surface area contributed by atoms with Gasteiger partial charge in [0.2, 0.25) is 0 Å². The quantitative estimate of drug-likeness (QED) is 0.594. The molecule has 0 nitrogen and oxygen atoms in total. The fraction of sp³-hybridized carbons (Fsp3) is 0.143. The molecule has 0 unspecified atom stereocenters. The molecule has 62 valence electrons. The summed E-state index contributed by atoms with van der Waals surface area (Å²) in [5.74, 6) is 0. The van der Waals surface area contributed by atoms with E-state index in [9.17, 15) is 13.2 Å². The molecule has 0 amide bonds. The van der Waals surface area contributed by atoms with Gasteiger partial charge >= 0.3 is 5.09 Å². The molecule has 0 saturated heterocycles. The molecule has 0 radical (unpaired) electrons. The van der Waals surface area contributed by atoms with Gasteiger partial charge in [-0.2, -0.15) is 13.2 Å². The van der Waals surface area contributed by atoms with E-state index in [1.165, 1.54) is 15.9 Å². The van der Waals surface area contributed by atoms with Crippen LogP contribution in [0, 0.1) is 0 Å². The second kappa shape index (κ2) is 5.18. The maximum atomic E-state index is 10.3. The molecule has 0 spiro atoms. The number of hydrogen-bond acceptors (Lipinski definition) is 0. The van der Waals surface area contributed by atoms with Gasteiger partial charge in [0.15, 0.2) is 0 Å². The number of benzene rings is 1. The molecular formula is C7H6BrF3. The molecule has 0 N–H and O–H groups in total. The number of halogens is 4. The molecule has 1 rings (SSSR count). The van der Waals surface area contributed by atoms with Crippen LogP contribution in [0.3, 0.4) is 0 Å². The Balaban J connectivity index is 0.000000187. The lowest BCUT2D eigenvalue weighted by Gasteiger charge is -1.85. The third-order valence-corrected chi connectivity index (χ3v) is 0.667. The maximum Gasteiger partial charge on any atom is 0.448 e. The maximum absolute atomic E-state index is 10.3.